The van der Waals surface area contributed by atoms with Gasteiger partial charge in [0.15, 0.2) is 0 Å². The van der Waals surface area contributed by atoms with E-state index in [0.717, 1.165) is 51.1 Å². The van der Waals surface area contributed by atoms with Crippen LogP contribution < -0.4 is 10.1 Å². The zero-order valence-corrected chi connectivity index (χ0v) is 18.0. The van der Waals surface area contributed by atoms with Crippen LogP contribution >= 0.6 is 0 Å². The summed E-state index contributed by atoms with van der Waals surface area (Å²) in [5, 5.41) is 5.42. The summed E-state index contributed by atoms with van der Waals surface area (Å²) in [7, 11) is 3.28. The lowest BCUT2D eigenvalue weighted by molar-refractivity contribution is -0.126. The second kappa shape index (κ2) is 9.33. The molecule has 0 saturated carbocycles. The molecule has 2 saturated heterocycles. The van der Waals surface area contributed by atoms with E-state index in [2.05, 4.69) is 46.6 Å². The Balaban J connectivity index is 1.35. The molecule has 2 aliphatic rings. The molecule has 6 heteroatoms. The van der Waals surface area contributed by atoms with E-state index < -0.39 is 0 Å². The first-order valence-corrected chi connectivity index (χ1v) is 10.8. The molecule has 0 aromatic heterocycles. The fourth-order valence-corrected chi connectivity index (χ4v) is 4.83. The molecule has 6 nitrogen and oxygen atoms in total. The highest BCUT2D eigenvalue weighted by Gasteiger charge is 2.42. The maximum Gasteiger partial charge on any atom is 0.246 e. The summed E-state index contributed by atoms with van der Waals surface area (Å²) in [6, 6.07) is 12.7. The lowest BCUT2D eigenvalue weighted by atomic mass is 9.88. The van der Waals surface area contributed by atoms with E-state index in [1.165, 1.54) is 23.4 Å². The highest BCUT2D eigenvalue weighted by molar-refractivity contribution is 5.87. The molecule has 1 atom stereocenters. The van der Waals surface area contributed by atoms with Crippen LogP contribution in [0.3, 0.4) is 0 Å². The Hall–Kier alpha value is -2.15. The molecule has 0 aliphatic carbocycles. The topological polar surface area (TPSA) is 60.0 Å². The molecule has 1 spiro atoms. The number of likely N-dealkylation sites (tertiary alicyclic amines) is 1. The van der Waals surface area contributed by atoms with Crippen LogP contribution in [-0.2, 0) is 20.8 Å². The summed E-state index contributed by atoms with van der Waals surface area (Å²) in [5.41, 5.74) is 1.23. The molecule has 1 N–H and O–H groups in total. The van der Waals surface area contributed by atoms with Crippen LogP contribution in [0.5, 0.6) is 5.75 Å². The van der Waals surface area contributed by atoms with Gasteiger partial charge in [0.2, 0.25) is 5.91 Å². The third kappa shape index (κ3) is 4.61. The van der Waals surface area contributed by atoms with Crippen molar-refractivity contribution in [2.75, 3.05) is 40.5 Å². The van der Waals surface area contributed by atoms with Crippen molar-refractivity contribution in [2.24, 2.45) is 0 Å². The van der Waals surface area contributed by atoms with Crippen molar-refractivity contribution in [3.63, 3.8) is 0 Å². The molecule has 1 amide bonds. The Kier molecular flexibility index (Phi) is 6.56. The molecule has 4 rings (SSSR count). The average molecular weight is 413 g/mol. The average Bonchev–Trinajstić information content (AvgIpc) is 3.17. The normalized spacial score (nSPS) is 21.2. The van der Waals surface area contributed by atoms with Crippen molar-refractivity contribution in [2.45, 2.75) is 43.9 Å². The smallest absolute Gasteiger partial charge is 0.246 e. The Morgan fingerprint density at radius 3 is 2.73 bits per heavy atom. The summed E-state index contributed by atoms with van der Waals surface area (Å²) < 4.78 is 17.0. The Bertz CT molecular complexity index is 877. The summed E-state index contributed by atoms with van der Waals surface area (Å²) in [4.78, 5) is 14.1. The number of piperidine rings is 1. The number of hydrogen-bond acceptors (Lipinski definition) is 5. The van der Waals surface area contributed by atoms with Crippen LogP contribution in [-0.4, -0.2) is 63.0 Å². The van der Waals surface area contributed by atoms with Crippen molar-refractivity contribution in [3.8, 4) is 5.75 Å². The van der Waals surface area contributed by atoms with Gasteiger partial charge in [0.1, 0.15) is 12.4 Å². The second-order valence-electron chi connectivity index (χ2n) is 8.44. The van der Waals surface area contributed by atoms with E-state index in [1.807, 2.05) is 0 Å². The number of amides is 1. The van der Waals surface area contributed by atoms with Crippen LogP contribution in [0.1, 0.15) is 31.2 Å². The number of carbonyl (C=O) groups is 1. The third-order valence-electron chi connectivity index (χ3n) is 6.51. The van der Waals surface area contributed by atoms with E-state index in [0.29, 0.717) is 6.54 Å². The van der Waals surface area contributed by atoms with Gasteiger partial charge in [0.05, 0.1) is 18.8 Å². The first-order valence-electron chi connectivity index (χ1n) is 10.8. The Morgan fingerprint density at radius 2 is 1.97 bits per heavy atom. The fraction of sp³-hybridized carbons (Fsp3) is 0.542. The largest absolute Gasteiger partial charge is 0.496 e. The van der Waals surface area contributed by atoms with Gasteiger partial charge in [0.25, 0.3) is 0 Å². The number of rotatable bonds is 7. The van der Waals surface area contributed by atoms with Crippen molar-refractivity contribution in [1.82, 2.24) is 10.2 Å². The number of carbonyl (C=O) groups excluding carboxylic acids is 1. The zero-order chi connectivity index (χ0) is 21.0. The van der Waals surface area contributed by atoms with Crippen LogP contribution in [0.4, 0.5) is 0 Å². The second-order valence-corrected chi connectivity index (χ2v) is 8.44. The summed E-state index contributed by atoms with van der Waals surface area (Å²) in [5.74, 6) is 0.874. The molecule has 162 valence electrons. The van der Waals surface area contributed by atoms with E-state index in [1.54, 1.807) is 7.11 Å². The molecule has 30 heavy (non-hydrogen) atoms. The molecule has 2 heterocycles. The summed E-state index contributed by atoms with van der Waals surface area (Å²) in [6.45, 7) is 3.58. The van der Waals surface area contributed by atoms with Crippen molar-refractivity contribution < 1.29 is 19.0 Å². The van der Waals surface area contributed by atoms with Gasteiger partial charge in [-0.15, -0.1) is 0 Å². The van der Waals surface area contributed by atoms with E-state index in [9.17, 15) is 4.79 Å². The van der Waals surface area contributed by atoms with Gasteiger partial charge in [-0.3, -0.25) is 9.69 Å². The molecular formula is C24H32N2O4. The van der Waals surface area contributed by atoms with E-state index in [-0.39, 0.29) is 24.2 Å². The Labute approximate surface area is 178 Å². The number of nitrogens with one attached hydrogen (secondary N) is 1. The van der Waals surface area contributed by atoms with Crippen LogP contribution in [0.15, 0.2) is 36.4 Å². The van der Waals surface area contributed by atoms with Crippen LogP contribution in [0.2, 0.25) is 0 Å². The Morgan fingerprint density at radius 1 is 1.17 bits per heavy atom. The zero-order valence-electron chi connectivity index (χ0n) is 18.0. The molecule has 0 radical (unpaired) electrons. The molecule has 2 aliphatic heterocycles. The molecule has 2 aromatic rings. The fourth-order valence-electron chi connectivity index (χ4n) is 4.83. The predicted octanol–water partition coefficient (Wildman–Crippen LogP) is 3.12. The van der Waals surface area contributed by atoms with Gasteiger partial charge < -0.3 is 19.5 Å². The highest BCUT2D eigenvalue weighted by atomic mass is 16.5. The lowest BCUT2D eigenvalue weighted by Crippen LogP contribution is -2.45. The number of ether oxygens (including phenoxy) is 3. The monoisotopic (exact) mass is 412 g/mol. The minimum absolute atomic E-state index is 0.0318. The van der Waals surface area contributed by atoms with Crippen molar-refractivity contribution >= 4 is 16.7 Å². The van der Waals surface area contributed by atoms with Gasteiger partial charge in [-0.05, 0) is 42.5 Å². The number of nitrogens with zero attached hydrogens (tertiary/aromatic N) is 1. The maximum absolute atomic E-state index is 11.6. The van der Waals surface area contributed by atoms with Gasteiger partial charge in [-0.1, -0.05) is 30.3 Å². The molecule has 0 bridgehead atoms. The molecule has 2 fully saturated rings. The minimum Gasteiger partial charge on any atom is -0.496 e. The number of fused-ring (bicyclic) bond motifs is 1. The van der Waals surface area contributed by atoms with Crippen molar-refractivity contribution in [1.29, 1.82) is 0 Å². The quantitative estimate of drug-likeness (QED) is 0.757. The summed E-state index contributed by atoms with van der Waals surface area (Å²) in [6.07, 6.45) is 4.24. The SMILES string of the molecule is COCC(=O)NC[C@@H]1CCC2(CCN(Cc3c(OC)ccc4ccccc34)CC2)O1. The first kappa shape index (κ1) is 21.1. The molecule has 0 unspecified atom stereocenters. The minimum atomic E-state index is -0.0825. The van der Waals surface area contributed by atoms with Crippen molar-refractivity contribution in [3.05, 3.63) is 42.0 Å². The number of methoxy groups -OCH3 is 2. The molecular weight excluding hydrogens is 380 g/mol. The van der Waals surface area contributed by atoms with Crippen LogP contribution in [0, 0.1) is 0 Å². The standard InChI is InChI=1S/C24H32N2O4/c1-28-17-23(27)25-15-19-9-10-24(30-19)11-13-26(14-12-24)16-21-20-6-4-3-5-18(20)7-8-22(21)29-2/h3-8,19H,9-17H2,1-2H3,(H,25,27)/t19-/m0/s1. The summed E-state index contributed by atoms with van der Waals surface area (Å²) >= 11 is 0. The lowest BCUT2D eigenvalue weighted by Gasteiger charge is -2.39. The first-order chi connectivity index (χ1) is 14.6. The van der Waals surface area contributed by atoms with Gasteiger partial charge in [-0.25, -0.2) is 0 Å². The van der Waals surface area contributed by atoms with E-state index in [4.69, 9.17) is 14.2 Å². The number of benzene rings is 2. The highest BCUT2D eigenvalue weighted by Crippen LogP contribution is 2.39. The van der Waals surface area contributed by atoms with Gasteiger partial charge in [0, 0.05) is 38.9 Å². The van der Waals surface area contributed by atoms with E-state index >= 15 is 0 Å². The maximum atomic E-state index is 11.6. The predicted molar refractivity (Wildman–Crippen MR) is 117 cm³/mol. The van der Waals surface area contributed by atoms with Crippen LogP contribution in [0.25, 0.3) is 10.8 Å². The van der Waals surface area contributed by atoms with Gasteiger partial charge >= 0.3 is 0 Å². The number of hydrogen-bond donors (Lipinski definition) is 1. The third-order valence-corrected chi connectivity index (χ3v) is 6.51. The van der Waals surface area contributed by atoms with Gasteiger partial charge in [-0.2, -0.15) is 0 Å². The molecule has 2 aromatic carbocycles.